The summed E-state index contributed by atoms with van der Waals surface area (Å²) < 4.78 is 3.35. The van der Waals surface area contributed by atoms with Gasteiger partial charge in [-0.2, -0.15) is 0 Å². The van der Waals surface area contributed by atoms with Crippen LogP contribution in [0.4, 0.5) is 0 Å². The molecule has 2 aromatic heterocycles. The molecule has 8 heteroatoms. The summed E-state index contributed by atoms with van der Waals surface area (Å²) in [6.07, 6.45) is 2.47. The van der Waals surface area contributed by atoms with Crippen LogP contribution in [0.2, 0.25) is 0 Å². The van der Waals surface area contributed by atoms with Gasteiger partial charge in [-0.25, -0.2) is 9.78 Å². The van der Waals surface area contributed by atoms with Crippen LogP contribution in [0.1, 0.15) is 38.9 Å². The lowest BCUT2D eigenvalue weighted by molar-refractivity contribution is 0.127. The number of H-pyrrole nitrogens is 1. The van der Waals surface area contributed by atoms with Gasteiger partial charge in [-0.15, -0.1) is 0 Å². The van der Waals surface area contributed by atoms with Crippen molar-refractivity contribution < 1.29 is 5.11 Å². The van der Waals surface area contributed by atoms with E-state index in [1.54, 1.807) is 9.13 Å². The third-order valence-corrected chi connectivity index (χ3v) is 5.20. The molecular weight excluding hydrogens is 322 g/mol. The van der Waals surface area contributed by atoms with Gasteiger partial charge in [0.25, 0.3) is 5.56 Å². The van der Waals surface area contributed by atoms with Gasteiger partial charge in [0.1, 0.15) is 5.82 Å². The molecule has 0 spiro atoms. The smallest absolute Gasteiger partial charge is 0.330 e. The highest BCUT2D eigenvalue weighted by Crippen LogP contribution is 2.22. The van der Waals surface area contributed by atoms with Crippen LogP contribution in [-0.2, 0) is 20.1 Å². The molecule has 0 amide bonds. The van der Waals surface area contributed by atoms with Crippen LogP contribution >= 0.6 is 0 Å². The molecule has 3 rings (SSSR count). The average molecular weight is 349 g/mol. The second-order valence-electron chi connectivity index (χ2n) is 7.05. The monoisotopic (exact) mass is 349 g/mol. The molecule has 1 saturated heterocycles. The number of aliphatic hydroxyl groups excluding tert-OH is 1. The zero-order valence-corrected chi connectivity index (χ0v) is 15.2. The fourth-order valence-corrected chi connectivity index (χ4v) is 3.56. The Morgan fingerprint density at radius 3 is 2.80 bits per heavy atom. The van der Waals surface area contributed by atoms with Gasteiger partial charge in [0.2, 0.25) is 0 Å². The van der Waals surface area contributed by atoms with Gasteiger partial charge in [0.05, 0.1) is 12.6 Å². The number of rotatable bonds is 6. The molecule has 25 heavy (non-hydrogen) atoms. The molecule has 2 aromatic rings. The molecule has 2 N–H and O–H groups in total. The van der Waals surface area contributed by atoms with E-state index in [2.05, 4.69) is 21.8 Å². The molecule has 1 fully saturated rings. The summed E-state index contributed by atoms with van der Waals surface area (Å²) in [6.45, 7) is 6.76. The number of hydrogen-bond acceptors (Lipinski definition) is 5. The molecule has 1 aliphatic heterocycles. The molecule has 0 aliphatic carbocycles. The first-order valence-electron chi connectivity index (χ1n) is 9.01. The van der Waals surface area contributed by atoms with Crippen molar-refractivity contribution in [2.24, 2.45) is 13.0 Å². The Hall–Kier alpha value is -1.93. The van der Waals surface area contributed by atoms with Crippen molar-refractivity contribution in [3.63, 3.8) is 0 Å². The Kier molecular flexibility index (Phi) is 5.10. The maximum Gasteiger partial charge on any atom is 0.330 e. The van der Waals surface area contributed by atoms with Crippen LogP contribution in [-0.4, -0.2) is 48.3 Å². The zero-order chi connectivity index (χ0) is 18.1. The van der Waals surface area contributed by atoms with Crippen molar-refractivity contribution in [1.29, 1.82) is 0 Å². The van der Waals surface area contributed by atoms with Crippen LogP contribution in [0.5, 0.6) is 0 Å². The number of hydrogen-bond donors (Lipinski definition) is 2. The Labute approximate surface area is 146 Å². The molecule has 1 aliphatic rings. The van der Waals surface area contributed by atoms with E-state index in [1.807, 2.05) is 14.0 Å². The molecular formula is C17H27N5O3. The minimum absolute atomic E-state index is 0.279. The maximum atomic E-state index is 12.3. The summed E-state index contributed by atoms with van der Waals surface area (Å²) >= 11 is 0. The first-order valence-corrected chi connectivity index (χ1v) is 9.01. The van der Waals surface area contributed by atoms with E-state index in [4.69, 9.17) is 0 Å². The summed E-state index contributed by atoms with van der Waals surface area (Å²) in [7, 11) is 1.82. The minimum Gasteiger partial charge on any atom is -0.393 e. The topological polar surface area (TPSA) is 96.2 Å². The van der Waals surface area contributed by atoms with E-state index in [-0.39, 0.29) is 12.0 Å². The predicted molar refractivity (Wildman–Crippen MR) is 95.6 cm³/mol. The summed E-state index contributed by atoms with van der Waals surface area (Å²) in [6, 6.07) is 0. The number of aromatic nitrogens is 4. The molecule has 3 heterocycles. The molecule has 0 saturated carbocycles. The molecule has 2 atom stereocenters. The summed E-state index contributed by atoms with van der Waals surface area (Å²) in [4.78, 5) is 33.7. The van der Waals surface area contributed by atoms with Crippen LogP contribution < -0.4 is 11.2 Å². The van der Waals surface area contributed by atoms with E-state index in [9.17, 15) is 14.7 Å². The molecule has 0 radical (unpaired) electrons. The van der Waals surface area contributed by atoms with Crippen molar-refractivity contribution in [2.45, 2.75) is 52.3 Å². The average Bonchev–Trinajstić information content (AvgIpc) is 3.13. The molecule has 138 valence electrons. The number of aliphatic hydroxyl groups is 1. The largest absolute Gasteiger partial charge is 0.393 e. The third kappa shape index (κ3) is 3.41. The molecule has 0 aromatic carbocycles. The summed E-state index contributed by atoms with van der Waals surface area (Å²) in [5, 5.41) is 9.76. The Balaban J connectivity index is 1.95. The standard InChI is InChI=1S/C17H27N5O3/c1-4-5-7-22-15-14(16(24)19-17(22)25)20(3)13(18-15)10-21-8-6-12(9-21)11(2)23/h11-12,23H,4-10H2,1-3H3,(H,19,24,25). The number of nitrogens with one attached hydrogen (secondary N) is 1. The maximum absolute atomic E-state index is 12.3. The number of aromatic amines is 1. The highest BCUT2D eigenvalue weighted by Gasteiger charge is 2.27. The lowest BCUT2D eigenvalue weighted by atomic mass is 10.0. The predicted octanol–water partition coefficient (Wildman–Crippen LogP) is 0.426. The lowest BCUT2D eigenvalue weighted by Crippen LogP contribution is -2.31. The fraction of sp³-hybridized carbons (Fsp3) is 0.706. The van der Waals surface area contributed by atoms with E-state index in [0.717, 1.165) is 38.2 Å². The SMILES string of the molecule is CCCCn1c(=O)[nH]c(=O)c2c1nc(CN1CCC(C(C)O)C1)n2C. The van der Waals surface area contributed by atoms with Gasteiger partial charge in [0.15, 0.2) is 11.2 Å². The van der Waals surface area contributed by atoms with E-state index in [1.165, 1.54) is 0 Å². The Morgan fingerprint density at radius 1 is 1.40 bits per heavy atom. The normalized spacial score (nSPS) is 19.8. The van der Waals surface area contributed by atoms with Crippen LogP contribution in [0.25, 0.3) is 11.2 Å². The van der Waals surface area contributed by atoms with Crippen molar-refractivity contribution in [3.8, 4) is 0 Å². The van der Waals surface area contributed by atoms with Crippen LogP contribution in [0.3, 0.4) is 0 Å². The van der Waals surface area contributed by atoms with Gasteiger partial charge in [-0.1, -0.05) is 13.3 Å². The van der Waals surface area contributed by atoms with Crippen LogP contribution in [0.15, 0.2) is 9.59 Å². The second-order valence-corrected chi connectivity index (χ2v) is 7.05. The summed E-state index contributed by atoms with van der Waals surface area (Å²) in [5.41, 5.74) is 0.117. The minimum atomic E-state index is -0.397. The van der Waals surface area contributed by atoms with Gasteiger partial charge in [-0.3, -0.25) is 19.2 Å². The fourth-order valence-electron chi connectivity index (χ4n) is 3.56. The molecule has 8 nitrogen and oxygen atoms in total. The third-order valence-electron chi connectivity index (χ3n) is 5.20. The van der Waals surface area contributed by atoms with Gasteiger partial charge in [-0.05, 0) is 32.2 Å². The quantitative estimate of drug-likeness (QED) is 0.788. The number of fused-ring (bicyclic) bond motifs is 1. The number of nitrogens with zero attached hydrogens (tertiary/aromatic N) is 4. The van der Waals surface area contributed by atoms with Crippen molar-refractivity contribution in [3.05, 3.63) is 26.7 Å². The van der Waals surface area contributed by atoms with Crippen molar-refractivity contribution in [1.82, 2.24) is 24.0 Å². The molecule has 2 unspecified atom stereocenters. The Bertz CT molecular complexity index is 864. The molecule has 0 bridgehead atoms. The highest BCUT2D eigenvalue weighted by molar-refractivity contribution is 5.70. The number of likely N-dealkylation sites (tertiary alicyclic amines) is 1. The first-order chi connectivity index (χ1) is 11.9. The van der Waals surface area contributed by atoms with Crippen molar-refractivity contribution >= 4 is 11.2 Å². The Morgan fingerprint density at radius 2 is 2.16 bits per heavy atom. The zero-order valence-electron chi connectivity index (χ0n) is 15.2. The lowest BCUT2D eigenvalue weighted by Gasteiger charge is -2.16. The first kappa shape index (κ1) is 17.9. The van der Waals surface area contributed by atoms with Crippen molar-refractivity contribution in [2.75, 3.05) is 13.1 Å². The van der Waals surface area contributed by atoms with E-state index in [0.29, 0.717) is 24.3 Å². The van der Waals surface area contributed by atoms with E-state index >= 15 is 0 Å². The highest BCUT2D eigenvalue weighted by atomic mass is 16.3. The number of unbranched alkanes of at least 4 members (excludes halogenated alkanes) is 1. The van der Waals surface area contributed by atoms with Crippen LogP contribution in [0, 0.1) is 5.92 Å². The van der Waals surface area contributed by atoms with Gasteiger partial charge >= 0.3 is 5.69 Å². The van der Waals surface area contributed by atoms with E-state index < -0.39 is 11.2 Å². The number of aryl methyl sites for hydroxylation is 2. The van der Waals surface area contributed by atoms with Gasteiger partial charge < -0.3 is 9.67 Å². The second kappa shape index (κ2) is 7.13. The number of imidazole rings is 1. The van der Waals surface area contributed by atoms with Gasteiger partial charge in [0, 0.05) is 20.1 Å². The summed E-state index contributed by atoms with van der Waals surface area (Å²) in [5.74, 6) is 1.04.